The first-order valence-corrected chi connectivity index (χ1v) is 9.48. The molecule has 1 aromatic heterocycles. The van der Waals surface area contributed by atoms with Crippen LogP contribution in [0.5, 0.6) is 11.5 Å². The number of hydrogen-bond donors (Lipinski definition) is 1. The molecule has 1 aliphatic carbocycles. The number of aryl methyl sites for hydroxylation is 1. The number of rotatable bonds is 5. The minimum Gasteiger partial charge on any atom is -0.490 e. The minimum atomic E-state index is 0.263. The van der Waals surface area contributed by atoms with Gasteiger partial charge in [-0.15, -0.1) is 0 Å². The van der Waals surface area contributed by atoms with E-state index >= 15 is 0 Å². The molecule has 1 atom stereocenters. The van der Waals surface area contributed by atoms with E-state index in [0.717, 1.165) is 48.2 Å². The second-order valence-electron chi connectivity index (χ2n) is 7.15. The number of para-hydroxylation sites is 1. The first-order valence-electron chi connectivity index (χ1n) is 9.48. The van der Waals surface area contributed by atoms with Gasteiger partial charge in [0.05, 0.1) is 19.3 Å². The van der Waals surface area contributed by atoms with E-state index in [0.29, 0.717) is 12.5 Å². The molecule has 4 nitrogen and oxygen atoms in total. The molecule has 1 aliphatic heterocycles. The fourth-order valence-corrected chi connectivity index (χ4v) is 4.02. The van der Waals surface area contributed by atoms with Crippen LogP contribution in [0.4, 0.5) is 0 Å². The van der Waals surface area contributed by atoms with E-state index < -0.39 is 0 Å². The van der Waals surface area contributed by atoms with Gasteiger partial charge in [0.15, 0.2) is 11.5 Å². The highest BCUT2D eigenvalue weighted by atomic mass is 16.5. The van der Waals surface area contributed by atoms with Crippen LogP contribution in [0.2, 0.25) is 0 Å². The second-order valence-corrected chi connectivity index (χ2v) is 7.15. The lowest BCUT2D eigenvalue weighted by molar-refractivity contribution is 0.291. The van der Waals surface area contributed by atoms with Crippen LogP contribution in [0.25, 0.3) is 0 Å². The van der Waals surface area contributed by atoms with Crippen molar-refractivity contribution in [1.82, 2.24) is 5.32 Å². The van der Waals surface area contributed by atoms with E-state index in [4.69, 9.17) is 13.9 Å². The van der Waals surface area contributed by atoms with Crippen LogP contribution in [-0.2, 0) is 6.54 Å². The Morgan fingerprint density at radius 3 is 2.68 bits per heavy atom. The molecule has 1 N–H and O–H groups in total. The molecule has 2 heterocycles. The highest BCUT2D eigenvalue weighted by Crippen LogP contribution is 2.38. The van der Waals surface area contributed by atoms with Crippen molar-refractivity contribution in [2.45, 2.75) is 51.6 Å². The minimum absolute atomic E-state index is 0.263. The molecule has 2 aliphatic rings. The zero-order valence-corrected chi connectivity index (χ0v) is 14.9. The SMILES string of the molecule is Cc1ccc([C@@H](NCc2cccc3c2OCCCO3)C2CCCC2)o1. The van der Waals surface area contributed by atoms with E-state index in [9.17, 15) is 0 Å². The Kier molecular flexibility index (Phi) is 4.97. The Balaban J connectivity index is 1.53. The summed E-state index contributed by atoms with van der Waals surface area (Å²) in [4.78, 5) is 0. The molecule has 0 radical (unpaired) electrons. The predicted octanol–water partition coefficient (Wildman–Crippen LogP) is 4.77. The van der Waals surface area contributed by atoms with Gasteiger partial charge in [0.2, 0.25) is 0 Å². The van der Waals surface area contributed by atoms with Gasteiger partial charge in [-0.05, 0) is 43.9 Å². The van der Waals surface area contributed by atoms with Crippen LogP contribution >= 0.6 is 0 Å². The molecule has 0 bridgehead atoms. The summed E-state index contributed by atoms with van der Waals surface area (Å²) in [6.45, 7) is 4.21. The van der Waals surface area contributed by atoms with Gasteiger partial charge in [0.1, 0.15) is 11.5 Å². The molecule has 0 unspecified atom stereocenters. The molecule has 0 saturated heterocycles. The number of fused-ring (bicyclic) bond motifs is 1. The summed E-state index contributed by atoms with van der Waals surface area (Å²) in [6.07, 6.45) is 6.10. The van der Waals surface area contributed by atoms with Crippen molar-refractivity contribution in [2.24, 2.45) is 5.92 Å². The third kappa shape index (κ3) is 3.69. The lowest BCUT2D eigenvalue weighted by atomic mass is 9.95. The quantitative estimate of drug-likeness (QED) is 0.851. The Labute approximate surface area is 149 Å². The molecule has 25 heavy (non-hydrogen) atoms. The number of ether oxygens (including phenoxy) is 2. The molecule has 0 amide bonds. The summed E-state index contributed by atoms with van der Waals surface area (Å²) in [5, 5.41) is 3.75. The smallest absolute Gasteiger partial charge is 0.165 e. The maximum absolute atomic E-state index is 5.96. The number of benzene rings is 1. The van der Waals surface area contributed by atoms with Crippen molar-refractivity contribution >= 4 is 0 Å². The van der Waals surface area contributed by atoms with Gasteiger partial charge in [-0.3, -0.25) is 0 Å². The molecule has 134 valence electrons. The van der Waals surface area contributed by atoms with Crippen LogP contribution in [0.3, 0.4) is 0 Å². The maximum atomic E-state index is 5.96. The molecule has 4 heteroatoms. The van der Waals surface area contributed by atoms with Gasteiger partial charge in [0, 0.05) is 18.5 Å². The monoisotopic (exact) mass is 341 g/mol. The zero-order valence-electron chi connectivity index (χ0n) is 14.9. The van der Waals surface area contributed by atoms with Crippen LogP contribution in [0, 0.1) is 12.8 Å². The molecule has 1 saturated carbocycles. The van der Waals surface area contributed by atoms with Crippen LogP contribution in [-0.4, -0.2) is 13.2 Å². The van der Waals surface area contributed by atoms with E-state index in [1.165, 1.54) is 25.7 Å². The van der Waals surface area contributed by atoms with Crippen LogP contribution in [0.15, 0.2) is 34.7 Å². The van der Waals surface area contributed by atoms with Crippen LogP contribution in [0.1, 0.15) is 55.2 Å². The summed E-state index contributed by atoms with van der Waals surface area (Å²) in [7, 11) is 0. The van der Waals surface area contributed by atoms with Gasteiger partial charge in [-0.2, -0.15) is 0 Å². The lowest BCUT2D eigenvalue weighted by Gasteiger charge is -2.24. The van der Waals surface area contributed by atoms with Crippen molar-refractivity contribution in [2.75, 3.05) is 13.2 Å². The Morgan fingerprint density at radius 2 is 1.88 bits per heavy atom. The van der Waals surface area contributed by atoms with Crippen molar-refractivity contribution in [3.05, 3.63) is 47.4 Å². The number of nitrogens with one attached hydrogen (secondary N) is 1. The highest BCUT2D eigenvalue weighted by Gasteiger charge is 2.28. The third-order valence-corrected chi connectivity index (χ3v) is 5.30. The normalized spacial score (nSPS) is 18.9. The van der Waals surface area contributed by atoms with E-state index in [2.05, 4.69) is 23.5 Å². The van der Waals surface area contributed by atoms with Gasteiger partial charge < -0.3 is 19.2 Å². The third-order valence-electron chi connectivity index (χ3n) is 5.30. The van der Waals surface area contributed by atoms with Crippen molar-refractivity contribution in [3.63, 3.8) is 0 Å². The van der Waals surface area contributed by atoms with E-state index in [1.807, 2.05) is 19.1 Å². The number of furan rings is 1. The molecule has 0 spiro atoms. The lowest BCUT2D eigenvalue weighted by Crippen LogP contribution is -2.26. The van der Waals surface area contributed by atoms with Gasteiger partial charge >= 0.3 is 0 Å². The Bertz CT molecular complexity index is 703. The fourth-order valence-electron chi connectivity index (χ4n) is 4.02. The first-order chi connectivity index (χ1) is 12.3. The average Bonchev–Trinajstić information content (AvgIpc) is 3.23. The topological polar surface area (TPSA) is 43.6 Å². The van der Waals surface area contributed by atoms with E-state index in [1.54, 1.807) is 0 Å². The first kappa shape index (κ1) is 16.5. The fraction of sp³-hybridized carbons (Fsp3) is 0.524. The summed E-state index contributed by atoms with van der Waals surface area (Å²) >= 11 is 0. The summed E-state index contributed by atoms with van der Waals surface area (Å²) in [5.74, 6) is 4.44. The van der Waals surface area contributed by atoms with Gasteiger partial charge in [-0.1, -0.05) is 25.0 Å². The molecule has 1 aromatic carbocycles. The van der Waals surface area contributed by atoms with Crippen molar-refractivity contribution < 1.29 is 13.9 Å². The predicted molar refractivity (Wildman–Crippen MR) is 97.0 cm³/mol. The molecule has 1 fully saturated rings. The Hall–Kier alpha value is -1.94. The van der Waals surface area contributed by atoms with Crippen molar-refractivity contribution in [3.8, 4) is 11.5 Å². The molecule has 4 rings (SSSR count). The Morgan fingerprint density at radius 1 is 1.04 bits per heavy atom. The standard InChI is InChI=1S/C21H27NO3/c1-15-10-11-18(25-15)20(16-6-2-3-7-16)22-14-17-8-4-9-19-21(17)24-13-5-12-23-19/h4,8-11,16,20,22H,2-3,5-7,12-14H2,1H3/t20-/m0/s1. The van der Waals surface area contributed by atoms with E-state index in [-0.39, 0.29) is 6.04 Å². The summed E-state index contributed by atoms with van der Waals surface area (Å²) < 4.78 is 17.7. The largest absolute Gasteiger partial charge is 0.490 e. The second kappa shape index (κ2) is 7.52. The molecular weight excluding hydrogens is 314 g/mol. The average molecular weight is 341 g/mol. The summed E-state index contributed by atoms with van der Waals surface area (Å²) in [6, 6.07) is 10.6. The number of hydrogen-bond acceptors (Lipinski definition) is 4. The molecular formula is C21H27NO3. The zero-order chi connectivity index (χ0) is 17.1. The van der Waals surface area contributed by atoms with Crippen LogP contribution < -0.4 is 14.8 Å². The molecule has 2 aromatic rings. The van der Waals surface area contributed by atoms with Crippen molar-refractivity contribution in [1.29, 1.82) is 0 Å². The van der Waals surface area contributed by atoms with Gasteiger partial charge in [-0.25, -0.2) is 0 Å². The summed E-state index contributed by atoms with van der Waals surface area (Å²) in [5.41, 5.74) is 1.16. The maximum Gasteiger partial charge on any atom is 0.165 e. The highest BCUT2D eigenvalue weighted by molar-refractivity contribution is 5.47. The van der Waals surface area contributed by atoms with Gasteiger partial charge in [0.25, 0.3) is 0 Å².